The largest absolute Gasteiger partial charge is 1.00 e. The molecule has 0 saturated heterocycles. The van der Waals surface area contributed by atoms with Gasteiger partial charge in [-0.1, -0.05) is 6.07 Å². The first kappa shape index (κ1) is 17.6. The van der Waals surface area contributed by atoms with E-state index in [9.17, 15) is 9.90 Å². The molecule has 0 amide bonds. The van der Waals surface area contributed by atoms with E-state index in [1.165, 1.54) is 0 Å². The third-order valence-electron chi connectivity index (χ3n) is 4.04. The molecule has 0 fully saturated rings. The van der Waals surface area contributed by atoms with Gasteiger partial charge in [0.2, 0.25) is 12.3 Å². The number of rotatable bonds is 3. The van der Waals surface area contributed by atoms with Crippen LogP contribution >= 0.6 is 0 Å². The number of halogens is 1. The van der Waals surface area contributed by atoms with Gasteiger partial charge >= 0.3 is 0 Å². The summed E-state index contributed by atoms with van der Waals surface area (Å²) >= 11 is 0. The maximum absolute atomic E-state index is 12.5. The van der Waals surface area contributed by atoms with Gasteiger partial charge in [-0.15, -0.1) is 0 Å². The number of carbonyl (C=O) groups is 1. The molecule has 0 aliphatic rings. The summed E-state index contributed by atoms with van der Waals surface area (Å²) in [5, 5.41) is 10.3. The van der Waals surface area contributed by atoms with Gasteiger partial charge in [-0.25, -0.2) is 0 Å². The Balaban J connectivity index is 0.00000220. The third-order valence-corrected chi connectivity index (χ3v) is 4.04. The second-order valence-corrected chi connectivity index (χ2v) is 5.19. The number of Topliss-reactive ketones (excluding diaryl/α,β-unsaturated/α-hetero) is 1. The molecule has 0 radical (unpaired) electrons. The molecule has 2 aromatic rings. The zero-order chi connectivity index (χ0) is 14.9. The molecule has 0 aliphatic heterocycles. The van der Waals surface area contributed by atoms with Crippen molar-refractivity contribution in [3.63, 3.8) is 0 Å². The van der Waals surface area contributed by atoms with Gasteiger partial charge in [0.15, 0.2) is 12.4 Å². The van der Waals surface area contributed by atoms with Gasteiger partial charge < -0.3 is 29.1 Å². The molecule has 1 N–H and O–H groups in total. The minimum absolute atomic E-state index is 0. The molecule has 0 aliphatic carbocycles. The highest BCUT2D eigenvalue weighted by molar-refractivity contribution is 6.00. The van der Waals surface area contributed by atoms with Crippen molar-refractivity contribution in [1.82, 2.24) is 0 Å². The number of carbonyl (C=O) groups excluding carboxylic acids is 1. The molecule has 1 aromatic carbocycles. The van der Waals surface area contributed by atoms with E-state index in [2.05, 4.69) is 0 Å². The van der Waals surface area contributed by atoms with Crippen LogP contribution in [0.4, 0.5) is 0 Å². The predicted octanol–water partition coefficient (Wildman–Crippen LogP) is -0.200. The van der Waals surface area contributed by atoms with E-state index in [1.54, 1.807) is 0 Å². The fourth-order valence-corrected chi connectivity index (χ4v) is 2.42. The Morgan fingerprint density at radius 2 is 1.48 bits per heavy atom. The molecule has 3 nitrogen and oxygen atoms in total. The van der Waals surface area contributed by atoms with Gasteiger partial charge in [0.25, 0.3) is 0 Å². The Hall–Kier alpha value is -1.43. The second kappa shape index (κ2) is 7.02. The van der Waals surface area contributed by atoms with E-state index in [1.807, 2.05) is 62.9 Å². The number of aromatic hydroxyl groups is 1. The van der Waals surface area contributed by atoms with Crippen molar-refractivity contribution in [2.45, 2.75) is 34.2 Å². The Morgan fingerprint density at radius 3 is 2.05 bits per heavy atom. The topological polar surface area (TPSA) is 41.2 Å². The number of aromatic nitrogens is 1. The summed E-state index contributed by atoms with van der Waals surface area (Å²) in [6.45, 7) is 7.94. The molecule has 1 aromatic heterocycles. The Bertz CT molecular complexity index is 637. The molecule has 0 saturated carbocycles. The van der Waals surface area contributed by atoms with Gasteiger partial charge in [0.05, 0.1) is 5.56 Å². The van der Waals surface area contributed by atoms with Crippen LogP contribution in [-0.2, 0) is 6.54 Å². The highest BCUT2D eigenvalue weighted by atomic mass is 127. The minimum atomic E-state index is -0.0672. The van der Waals surface area contributed by atoms with Crippen LogP contribution in [0, 0.1) is 27.7 Å². The molecule has 112 valence electrons. The zero-order valence-electron chi connectivity index (χ0n) is 12.8. The zero-order valence-corrected chi connectivity index (χ0v) is 14.9. The molecule has 0 bridgehead atoms. The Labute approximate surface area is 142 Å². The van der Waals surface area contributed by atoms with E-state index in [4.69, 9.17) is 0 Å². The molecular weight excluding hydrogens is 377 g/mol. The van der Waals surface area contributed by atoms with Crippen LogP contribution < -0.4 is 28.5 Å². The lowest BCUT2D eigenvalue weighted by atomic mass is 9.91. The van der Waals surface area contributed by atoms with Crippen molar-refractivity contribution < 1.29 is 38.4 Å². The Morgan fingerprint density at radius 1 is 0.952 bits per heavy atom. The molecule has 21 heavy (non-hydrogen) atoms. The summed E-state index contributed by atoms with van der Waals surface area (Å²) in [7, 11) is 0. The number of hydrogen-bond donors (Lipinski definition) is 1. The van der Waals surface area contributed by atoms with Crippen LogP contribution in [0.5, 0.6) is 5.75 Å². The maximum atomic E-state index is 12.5. The van der Waals surface area contributed by atoms with Gasteiger partial charge in [-0.05, 0) is 49.9 Å². The first-order valence-corrected chi connectivity index (χ1v) is 6.70. The first-order chi connectivity index (χ1) is 9.43. The van der Waals surface area contributed by atoms with E-state index < -0.39 is 0 Å². The van der Waals surface area contributed by atoms with Gasteiger partial charge in [-0.2, -0.15) is 4.57 Å². The number of phenols is 1. The molecule has 4 heteroatoms. The summed E-state index contributed by atoms with van der Waals surface area (Å²) in [5.41, 5.74) is 4.22. The lowest BCUT2D eigenvalue weighted by Gasteiger charge is -2.15. The monoisotopic (exact) mass is 397 g/mol. The van der Waals surface area contributed by atoms with Gasteiger partial charge in [0, 0.05) is 12.1 Å². The van der Waals surface area contributed by atoms with Crippen molar-refractivity contribution in [1.29, 1.82) is 0 Å². The SMILES string of the molecule is Cc1c(C)c(C)c(C(=O)C[n+]2ccccc2)c(O)c1C.[I-]. The number of benzene rings is 1. The number of pyridine rings is 1. The quantitative estimate of drug-likeness (QED) is 0.443. The van der Waals surface area contributed by atoms with Crippen molar-refractivity contribution in [3.05, 3.63) is 58.4 Å². The lowest BCUT2D eigenvalue weighted by Crippen LogP contribution is -3.00. The summed E-state index contributed by atoms with van der Waals surface area (Å²) in [4.78, 5) is 12.5. The highest BCUT2D eigenvalue weighted by Crippen LogP contribution is 2.31. The normalized spacial score (nSPS) is 10.1. The molecule has 0 atom stereocenters. The average molecular weight is 397 g/mol. The first-order valence-electron chi connectivity index (χ1n) is 6.70. The smallest absolute Gasteiger partial charge is 0.231 e. The van der Waals surface area contributed by atoms with E-state index in [0.717, 1.165) is 22.3 Å². The second-order valence-electron chi connectivity index (χ2n) is 5.19. The van der Waals surface area contributed by atoms with E-state index in [-0.39, 0.29) is 42.1 Å². The third kappa shape index (κ3) is 3.43. The molecule has 2 rings (SSSR count). The Kier molecular flexibility index (Phi) is 5.89. The molecular formula is C17H20INO2. The summed E-state index contributed by atoms with van der Waals surface area (Å²) in [5.74, 6) is 0.0505. The minimum Gasteiger partial charge on any atom is -1.00 e. The molecule has 0 unspecified atom stereocenters. The van der Waals surface area contributed by atoms with Crippen LogP contribution in [0.2, 0.25) is 0 Å². The lowest BCUT2D eigenvalue weighted by molar-refractivity contribution is -0.683. The number of ketones is 1. The van der Waals surface area contributed by atoms with E-state index >= 15 is 0 Å². The van der Waals surface area contributed by atoms with E-state index in [0.29, 0.717) is 5.56 Å². The van der Waals surface area contributed by atoms with Crippen LogP contribution in [-0.4, -0.2) is 10.9 Å². The average Bonchev–Trinajstić information content (AvgIpc) is 2.44. The van der Waals surface area contributed by atoms with Crippen molar-refractivity contribution in [2.24, 2.45) is 0 Å². The number of phenolic OH excluding ortho intramolecular Hbond substituents is 1. The summed E-state index contributed by atoms with van der Waals surface area (Å²) < 4.78 is 1.81. The van der Waals surface area contributed by atoms with Gasteiger partial charge in [-0.3, -0.25) is 4.79 Å². The summed E-state index contributed by atoms with van der Waals surface area (Å²) in [6.07, 6.45) is 3.69. The van der Waals surface area contributed by atoms with Crippen LogP contribution in [0.3, 0.4) is 0 Å². The number of hydrogen-bond acceptors (Lipinski definition) is 2. The van der Waals surface area contributed by atoms with Crippen LogP contribution in [0.15, 0.2) is 30.6 Å². The molecule has 1 heterocycles. The van der Waals surface area contributed by atoms with Gasteiger partial charge in [0.1, 0.15) is 5.75 Å². The fourth-order valence-electron chi connectivity index (χ4n) is 2.42. The van der Waals surface area contributed by atoms with Crippen LogP contribution in [0.25, 0.3) is 0 Å². The van der Waals surface area contributed by atoms with Crippen molar-refractivity contribution in [3.8, 4) is 5.75 Å². The fraction of sp³-hybridized carbons (Fsp3) is 0.294. The molecule has 0 spiro atoms. The standard InChI is InChI=1S/C17H19NO2.HI/c1-11-12(2)14(4)17(20)16(13(11)3)15(19)10-18-8-6-5-7-9-18;/h5-9H,10H2,1-4H3;1H. The van der Waals surface area contributed by atoms with Crippen molar-refractivity contribution in [2.75, 3.05) is 0 Å². The van der Waals surface area contributed by atoms with Crippen molar-refractivity contribution >= 4 is 5.78 Å². The highest BCUT2D eigenvalue weighted by Gasteiger charge is 2.22. The van der Waals surface area contributed by atoms with Crippen LogP contribution in [0.1, 0.15) is 32.6 Å². The number of nitrogens with zero attached hydrogens (tertiary/aromatic N) is 1. The predicted molar refractivity (Wildman–Crippen MR) is 78.0 cm³/mol. The summed E-state index contributed by atoms with van der Waals surface area (Å²) in [6, 6.07) is 5.67. The maximum Gasteiger partial charge on any atom is 0.231 e.